The van der Waals surface area contributed by atoms with E-state index >= 15 is 0 Å². The Morgan fingerprint density at radius 3 is 2.65 bits per heavy atom. The van der Waals surface area contributed by atoms with Crippen molar-refractivity contribution in [1.29, 1.82) is 5.26 Å². The Morgan fingerprint density at radius 2 is 2.05 bits per heavy atom. The van der Waals surface area contributed by atoms with Gasteiger partial charge in [0.15, 0.2) is 0 Å². The number of likely N-dealkylation sites (tertiary alicyclic amines) is 1. The van der Waals surface area contributed by atoms with Crippen molar-refractivity contribution in [3.05, 3.63) is 24.3 Å². The molecule has 0 amide bonds. The van der Waals surface area contributed by atoms with Crippen molar-refractivity contribution in [3.8, 4) is 11.8 Å². The van der Waals surface area contributed by atoms with Crippen LogP contribution in [0, 0.1) is 11.3 Å². The van der Waals surface area contributed by atoms with E-state index in [9.17, 15) is 5.26 Å². The van der Waals surface area contributed by atoms with E-state index < -0.39 is 5.54 Å². The normalized spacial score (nSPS) is 18.2. The molecule has 0 radical (unpaired) electrons. The van der Waals surface area contributed by atoms with Crippen LogP contribution < -0.4 is 10.1 Å². The number of ether oxygens (including phenoxy) is 1. The Balaban J connectivity index is 2.08. The first-order valence-corrected chi connectivity index (χ1v) is 7.28. The summed E-state index contributed by atoms with van der Waals surface area (Å²) in [4.78, 5) is 2.43. The van der Waals surface area contributed by atoms with Crippen molar-refractivity contribution < 1.29 is 4.74 Å². The number of nitrogens with one attached hydrogen (secondary N) is 1. The topological polar surface area (TPSA) is 48.3 Å². The minimum absolute atomic E-state index is 0.473. The fraction of sp³-hybridized carbons (Fsp3) is 0.562. The predicted molar refractivity (Wildman–Crippen MR) is 80.9 cm³/mol. The molecule has 0 bridgehead atoms. The fourth-order valence-corrected chi connectivity index (χ4v) is 2.75. The van der Waals surface area contributed by atoms with Gasteiger partial charge in [-0.2, -0.15) is 5.26 Å². The molecule has 0 aliphatic carbocycles. The SMILES string of the molecule is CCCN1CCC(C#N)(Nc2ccccc2OC)CC1. The molecule has 0 atom stereocenters. The molecular formula is C16H23N3O. The summed E-state index contributed by atoms with van der Waals surface area (Å²) in [6, 6.07) is 10.3. The zero-order valence-corrected chi connectivity index (χ0v) is 12.4. The van der Waals surface area contributed by atoms with Crippen molar-refractivity contribution in [2.75, 3.05) is 32.1 Å². The minimum atomic E-state index is -0.473. The second-order valence-electron chi connectivity index (χ2n) is 5.36. The highest BCUT2D eigenvalue weighted by Gasteiger charge is 2.34. The second kappa shape index (κ2) is 6.62. The number of nitrogens with zero attached hydrogens (tertiary/aromatic N) is 2. The van der Waals surface area contributed by atoms with Gasteiger partial charge in [0.05, 0.1) is 18.9 Å². The van der Waals surface area contributed by atoms with Gasteiger partial charge >= 0.3 is 0 Å². The number of nitriles is 1. The van der Waals surface area contributed by atoms with Crippen LogP contribution >= 0.6 is 0 Å². The van der Waals surface area contributed by atoms with E-state index in [0.717, 1.165) is 43.9 Å². The van der Waals surface area contributed by atoms with E-state index in [2.05, 4.69) is 23.2 Å². The lowest BCUT2D eigenvalue weighted by molar-refractivity contribution is 0.197. The number of piperidine rings is 1. The summed E-state index contributed by atoms with van der Waals surface area (Å²) in [5.41, 5.74) is 0.430. The molecule has 4 heteroatoms. The molecule has 0 unspecified atom stereocenters. The highest BCUT2D eigenvalue weighted by atomic mass is 16.5. The molecule has 4 nitrogen and oxygen atoms in total. The summed E-state index contributed by atoms with van der Waals surface area (Å²) in [7, 11) is 1.66. The number of rotatable bonds is 5. The third-order valence-corrected chi connectivity index (χ3v) is 3.94. The van der Waals surface area contributed by atoms with Crippen LogP contribution in [-0.2, 0) is 0 Å². The summed E-state index contributed by atoms with van der Waals surface area (Å²) in [6.45, 7) is 5.27. The van der Waals surface area contributed by atoms with Gasteiger partial charge in [0.1, 0.15) is 11.3 Å². The van der Waals surface area contributed by atoms with Crippen LogP contribution in [0.15, 0.2) is 24.3 Å². The third kappa shape index (κ3) is 3.23. The van der Waals surface area contributed by atoms with Gasteiger partial charge in [0, 0.05) is 13.1 Å². The van der Waals surface area contributed by atoms with E-state index in [-0.39, 0.29) is 0 Å². The average molecular weight is 273 g/mol. The van der Waals surface area contributed by atoms with E-state index in [1.54, 1.807) is 7.11 Å². The average Bonchev–Trinajstić information content (AvgIpc) is 2.50. The summed E-state index contributed by atoms with van der Waals surface area (Å²) in [6.07, 6.45) is 2.86. The zero-order valence-electron chi connectivity index (χ0n) is 12.4. The molecule has 0 spiro atoms. The lowest BCUT2D eigenvalue weighted by Gasteiger charge is -2.38. The molecule has 1 N–H and O–H groups in total. The highest BCUT2D eigenvalue weighted by molar-refractivity contribution is 5.59. The lowest BCUT2D eigenvalue weighted by Crippen LogP contribution is -2.48. The first-order valence-electron chi connectivity index (χ1n) is 7.28. The summed E-state index contributed by atoms with van der Waals surface area (Å²) in [5, 5.41) is 13.0. The molecule has 1 saturated heterocycles. The number of benzene rings is 1. The maximum atomic E-state index is 9.61. The Hall–Kier alpha value is -1.73. The maximum Gasteiger partial charge on any atom is 0.141 e. The van der Waals surface area contributed by atoms with Crippen molar-refractivity contribution in [3.63, 3.8) is 0 Å². The maximum absolute atomic E-state index is 9.61. The largest absolute Gasteiger partial charge is 0.495 e. The molecule has 1 aliphatic rings. The van der Waals surface area contributed by atoms with E-state index in [1.807, 2.05) is 24.3 Å². The Morgan fingerprint density at radius 1 is 1.35 bits per heavy atom. The van der Waals surface area contributed by atoms with Gasteiger partial charge in [0.25, 0.3) is 0 Å². The molecule has 1 aromatic rings. The summed E-state index contributed by atoms with van der Waals surface area (Å²) < 4.78 is 5.35. The molecule has 1 aliphatic heterocycles. The molecule has 1 aromatic carbocycles. The van der Waals surface area contributed by atoms with Gasteiger partial charge in [-0.3, -0.25) is 0 Å². The summed E-state index contributed by atoms with van der Waals surface area (Å²) in [5.74, 6) is 0.790. The number of hydrogen-bond acceptors (Lipinski definition) is 4. The monoisotopic (exact) mass is 273 g/mol. The fourth-order valence-electron chi connectivity index (χ4n) is 2.75. The minimum Gasteiger partial charge on any atom is -0.495 e. The molecule has 0 aromatic heterocycles. The highest BCUT2D eigenvalue weighted by Crippen LogP contribution is 2.31. The molecule has 108 valence electrons. The number of anilines is 1. The Bertz CT molecular complexity index is 473. The lowest BCUT2D eigenvalue weighted by atomic mass is 9.88. The Labute approximate surface area is 121 Å². The first kappa shape index (κ1) is 14.7. The van der Waals surface area contributed by atoms with Crippen LogP contribution in [0.3, 0.4) is 0 Å². The van der Waals surface area contributed by atoms with Crippen molar-refractivity contribution in [2.45, 2.75) is 31.7 Å². The van der Waals surface area contributed by atoms with Crippen molar-refractivity contribution in [1.82, 2.24) is 4.90 Å². The van der Waals surface area contributed by atoms with E-state index in [1.165, 1.54) is 6.42 Å². The van der Waals surface area contributed by atoms with E-state index in [0.29, 0.717) is 0 Å². The van der Waals surface area contributed by atoms with Gasteiger partial charge in [0.2, 0.25) is 0 Å². The summed E-state index contributed by atoms with van der Waals surface area (Å²) >= 11 is 0. The third-order valence-electron chi connectivity index (χ3n) is 3.94. The number of hydrogen-bond donors (Lipinski definition) is 1. The number of para-hydroxylation sites is 2. The smallest absolute Gasteiger partial charge is 0.141 e. The standard InChI is InChI=1S/C16H23N3O/c1-3-10-19-11-8-16(13-17,9-12-19)18-14-6-4-5-7-15(14)20-2/h4-7,18H,3,8-12H2,1-2H3. The van der Waals surface area contributed by atoms with Gasteiger partial charge in [-0.15, -0.1) is 0 Å². The van der Waals surface area contributed by atoms with Gasteiger partial charge in [-0.1, -0.05) is 19.1 Å². The number of methoxy groups -OCH3 is 1. The van der Waals surface area contributed by atoms with Crippen LogP contribution in [-0.4, -0.2) is 37.2 Å². The molecule has 0 saturated carbocycles. The molecule has 1 fully saturated rings. The molecular weight excluding hydrogens is 250 g/mol. The van der Waals surface area contributed by atoms with E-state index in [4.69, 9.17) is 4.74 Å². The second-order valence-corrected chi connectivity index (χ2v) is 5.36. The van der Waals surface area contributed by atoms with Crippen LogP contribution in [0.4, 0.5) is 5.69 Å². The van der Waals surface area contributed by atoms with Crippen LogP contribution in [0.25, 0.3) is 0 Å². The quantitative estimate of drug-likeness (QED) is 0.896. The van der Waals surface area contributed by atoms with Gasteiger partial charge in [-0.05, 0) is 37.9 Å². The Kier molecular flexibility index (Phi) is 4.86. The van der Waals surface area contributed by atoms with Gasteiger partial charge in [-0.25, -0.2) is 0 Å². The molecule has 2 rings (SSSR count). The van der Waals surface area contributed by atoms with Crippen molar-refractivity contribution in [2.24, 2.45) is 0 Å². The van der Waals surface area contributed by atoms with Crippen LogP contribution in [0.5, 0.6) is 5.75 Å². The zero-order chi connectivity index (χ0) is 14.4. The molecule has 1 heterocycles. The van der Waals surface area contributed by atoms with Crippen LogP contribution in [0.2, 0.25) is 0 Å². The van der Waals surface area contributed by atoms with Crippen molar-refractivity contribution >= 4 is 5.69 Å². The predicted octanol–water partition coefficient (Wildman–Crippen LogP) is 2.88. The van der Waals surface area contributed by atoms with Gasteiger partial charge < -0.3 is 15.0 Å². The first-order chi connectivity index (χ1) is 9.73. The molecule has 20 heavy (non-hydrogen) atoms. The van der Waals surface area contributed by atoms with Crippen LogP contribution in [0.1, 0.15) is 26.2 Å².